The standard InChI is InChI=1S/C23H18FN3O3S2/c24-17-11-13-18(14-12-17)25-20(28)15-31-22-23(32(29,30)19-9-5-2-6-10-19)27-21(26-22)16-7-3-1-4-8-16/h1-14H,15H2,(H,25,28)(H,26,27). The molecule has 0 atom stereocenters. The number of carbonyl (C=O) groups excluding carboxylic acids is 1. The Bertz CT molecular complexity index is 1320. The Balaban J connectivity index is 1.62. The molecule has 162 valence electrons. The number of carbonyl (C=O) groups is 1. The second kappa shape index (κ2) is 9.37. The predicted molar refractivity (Wildman–Crippen MR) is 122 cm³/mol. The minimum Gasteiger partial charge on any atom is -0.328 e. The number of rotatable bonds is 7. The Kier molecular flexibility index (Phi) is 6.38. The van der Waals surface area contributed by atoms with E-state index < -0.39 is 15.7 Å². The van der Waals surface area contributed by atoms with E-state index in [9.17, 15) is 17.6 Å². The summed E-state index contributed by atoms with van der Waals surface area (Å²) in [6, 6.07) is 22.5. The van der Waals surface area contributed by atoms with E-state index in [1.165, 1.54) is 36.4 Å². The molecule has 0 radical (unpaired) electrons. The van der Waals surface area contributed by atoms with E-state index in [1.54, 1.807) is 18.2 Å². The van der Waals surface area contributed by atoms with E-state index >= 15 is 0 Å². The minimum absolute atomic E-state index is 0.0675. The summed E-state index contributed by atoms with van der Waals surface area (Å²) in [6.45, 7) is 0. The number of nitrogens with one attached hydrogen (secondary N) is 2. The lowest BCUT2D eigenvalue weighted by Crippen LogP contribution is -2.14. The van der Waals surface area contributed by atoms with Crippen LogP contribution < -0.4 is 5.32 Å². The number of aromatic amines is 1. The van der Waals surface area contributed by atoms with Crippen molar-refractivity contribution < 1.29 is 17.6 Å². The van der Waals surface area contributed by atoms with Crippen LogP contribution in [0.1, 0.15) is 0 Å². The van der Waals surface area contributed by atoms with Gasteiger partial charge in [0.1, 0.15) is 16.7 Å². The third-order valence-corrected chi connectivity index (χ3v) is 7.31. The molecule has 9 heteroatoms. The molecular formula is C23H18FN3O3S2. The number of H-pyrrole nitrogens is 1. The zero-order chi connectivity index (χ0) is 22.6. The SMILES string of the molecule is O=C(CSc1nc(-c2ccccc2)[nH]c1S(=O)(=O)c1ccccc1)Nc1ccc(F)cc1. The van der Waals surface area contributed by atoms with Crippen molar-refractivity contribution in [3.63, 3.8) is 0 Å². The van der Waals surface area contributed by atoms with Gasteiger partial charge < -0.3 is 10.3 Å². The number of thioether (sulfide) groups is 1. The van der Waals surface area contributed by atoms with Gasteiger partial charge in [0.2, 0.25) is 15.7 Å². The number of halogens is 1. The van der Waals surface area contributed by atoms with Crippen molar-refractivity contribution in [3.05, 3.63) is 90.7 Å². The number of hydrogen-bond donors (Lipinski definition) is 2. The monoisotopic (exact) mass is 467 g/mol. The second-order valence-electron chi connectivity index (χ2n) is 6.75. The molecule has 0 aliphatic carbocycles. The molecule has 0 aliphatic rings. The van der Waals surface area contributed by atoms with Gasteiger partial charge in [-0.15, -0.1) is 0 Å². The molecule has 6 nitrogen and oxygen atoms in total. The van der Waals surface area contributed by atoms with Crippen LogP contribution in [0.4, 0.5) is 10.1 Å². The molecule has 0 aliphatic heterocycles. The van der Waals surface area contributed by atoms with Gasteiger partial charge in [-0.1, -0.05) is 60.3 Å². The molecule has 0 saturated heterocycles. The van der Waals surface area contributed by atoms with Crippen molar-refractivity contribution in [1.29, 1.82) is 0 Å². The Morgan fingerprint density at radius 2 is 1.56 bits per heavy atom. The normalized spacial score (nSPS) is 11.3. The number of aromatic nitrogens is 2. The number of sulfone groups is 1. The van der Waals surface area contributed by atoms with Crippen molar-refractivity contribution in [2.24, 2.45) is 0 Å². The average molecular weight is 468 g/mol. The Labute approximate surface area is 188 Å². The van der Waals surface area contributed by atoms with Crippen molar-refractivity contribution in [2.75, 3.05) is 11.1 Å². The van der Waals surface area contributed by atoms with Crippen molar-refractivity contribution in [1.82, 2.24) is 9.97 Å². The van der Waals surface area contributed by atoms with Crippen molar-refractivity contribution in [3.8, 4) is 11.4 Å². The van der Waals surface area contributed by atoms with E-state index in [2.05, 4.69) is 15.3 Å². The maximum atomic E-state index is 13.2. The number of imidazole rings is 1. The highest BCUT2D eigenvalue weighted by atomic mass is 32.2. The fraction of sp³-hybridized carbons (Fsp3) is 0.0435. The Morgan fingerprint density at radius 1 is 0.938 bits per heavy atom. The lowest BCUT2D eigenvalue weighted by Gasteiger charge is -2.06. The topological polar surface area (TPSA) is 91.9 Å². The molecule has 0 bridgehead atoms. The summed E-state index contributed by atoms with van der Waals surface area (Å²) in [5, 5.41) is 2.78. The first-order valence-corrected chi connectivity index (χ1v) is 12.0. The molecule has 0 saturated carbocycles. The van der Waals surface area contributed by atoms with Gasteiger partial charge in [0.05, 0.1) is 10.6 Å². The molecule has 3 aromatic carbocycles. The fourth-order valence-electron chi connectivity index (χ4n) is 2.94. The quantitative estimate of drug-likeness (QED) is 0.382. The molecule has 4 aromatic rings. The van der Waals surface area contributed by atoms with Gasteiger partial charge in [-0.05, 0) is 36.4 Å². The van der Waals surface area contributed by atoms with Crippen LogP contribution in [-0.2, 0) is 14.6 Å². The van der Waals surface area contributed by atoms with E-state index in [4.69, 9.17) is 0 Å². The summed E-state index contributed by atoms with van der Waals surface area (Å²) >= 11 is 1.01. The zero-order valence-corrected chi connectivity index (χ0v) is 18.3. The largest absolute Gasteiger partial charge is 0.328 e. The first kappa shape index (κ1) is 21.8. The first-order chi connectivity index (χ1) is 15.4. The Hall–Kier alpha value is -3.43. The Morgan fingerprint density at radius 3 is 2.22 bits per heavy atom. The summed E-state index contributed by atoms with van der Waals surface area (Å²) in [7, 11) is -3.88. The van der Waals surface area contributed by atoms with Gasteiger partial charge >= 0.3 is 0 Å². The van der Waals surface area contributed by atoms with Gasteiger partial charge in [0, 0.05) is 11.3 Å². The third-order valence-electron chi connectivity index (χ3n) is 4.48. The van der Waals surface area contributed by atoms with Gasteiger partial charge in [-0.25, -0.2) is 17.8 Å². The molecule has 0 unspecified atom stereocenters. The third kappa shape index (κ3) is 4.90. The molecule has 1 amide bonds. The van der Waals surface area contributed by atoms with E-state index in [-0.39, 0.29) is 26.6 Å². The van der Waals surface area contributed by atoms with E-state index in [1.807, 2.05) is 30.3 Å². The molecule has 0 fully saturated rings. The van der Waals surface area contributed by atoms with Gasteiger partial charge in [-0.3, -0.25) is 4.79 Å². The van der Waals surface area contributed by atoms with Crippen LogP contribution in [0.2, 0.25) is 0 Å². The highest BCUT2D eigenvalue weighted by Crippen LogP contribution is 2.32. The van der Waals surface area contributed by atoms with Crippen LogP contribution in [-0.4, -0.2) is 30.0 Å². The van der Waals surface area contributed by atoms with Crippen molar-refractivity contribution in [2.45, 2.75) is 14.9 Å². The van der Waals surface area contributed by atoms with Gasteiger partial charge in [0.15, 0.2) is 5.03 Å². The number of hydrogen-bond acceptors (Lipinski definition) is 5. The molecular weight excluding hydrogens is 449 g/mol. The van der Waals surface area contributed by atoms with Crippen LogP contribution in [0.3, 0.4) is 0 Å². The number of nitrogens with zero attached hydrogens (tertiary/aromatic N) is 1. The maximum Gasteiger partial charge on any atom is 0.234 e. The second-order valence-corrected chi connectivity index (χ2v) is 9.60. The van der Waals surface area contributed by atoms with E-state index in [0.717, 1.165) is 17.3 Å². The lowest BCUT2D eigenvalue weighted by molar-refractivity contribution is -0.113. The fourth-order valence-corrected chi connectivity index (χ4v) is 5.38. The predicted octanol–water partition coefficient (Wildman–Crippen LogP) is 4.78. The van der Waals surface area contributed by atoms with Gasteiger partial charge in [0.25, 0.3) is 0 Å². The molecule has 2 N–H and O–H groups in total. The first-order valence-electron chi connectivity index (χ1n) is 9.57. The van der Waals surface area contributed by atoms with Crippen LogP contribution in [0.15, 0.2) is 99.9 Å². The number of amides is 1. The highest BCUT2D eigenvalue weighted by Gasteiger charge is 2.26. The zero-order valence-electron chi connectivity index (χ0n) is 16.7. The lowest BCUT2D eigenvalue weighted by atomic mass is 10.2. The molecule has 1 aromatic heterocycles. The number of anilines is 1. The molecule has 32 heavy (non-hydrogen) atoms. The molecule has 1 heterocycles. The van der Waals surface area contributed by atoms with E-state index in [0.29, 0.717) is 11.5 Å². The van der Waals surface area contributed by atoms with Crippen LogP contribution in [0.5, 0.6) is 0 Å². The summed E-state index contributed by atoms with van der Waals surface area (Å²) in [5.74, 6) is -0.457. The minimum atomic E-state index is -3.88. The smallest absolute Gasteiger partial charge is 0.234 e. The van der Waals surface area contributed by atoms with Gasteiger partial charge in [-0.2, -0.15) is 0 Å². The number of benzene rings is 3. The summed E-state index contributed by atoms with van der Waals surface area (Å²) in [5.41, 5.74) is 1.17. The summed E-state index contributed by atoms with van der Waals surface area (Å²) in [6.07, 6.45) is 0. The van der Waals surface area contributed by atoms with Crippen LogP contribution in [0.25, 0.3) is 11.4 Å². The average Bonchev–Trinajstić information content (AvgIpc) is 3.26. The summed E-state index contributed by atoms with van der Waals surface area (Å²) < 4.78 is 39.5. The van der Waals surface area contributed by atoms with Crippen molar-refractivity contribution >= 4 is 33.2 Å². The highest BCUT2D eigenvalue weighted by molar-refractivity contribution is 8.00. The maximum absolute atomic E-state index is 13.2. The molecule has 4 rings (SSSR count). The summed E-state index contributed by atoms with van der Waals surface area (Å²) in [4.78, 5) is 19.9. The molecule has 0 spiro atoms. The van der Waals surface area contributed by atoms with Crippen LogP contribution >= 0.6 is 11.8 Å². The van der Waals surface area contributed by atoms with Crippen LogP contribution in [0, 0.1) is 5.82 Å².